The van der Waals surface area contributed by atoms with Gasteiger partial charge in [-0.3, -0.25) is 9.36 Å². The van der Waals surface area contributed by atoms with Gasteiger partial charge in [-0.25, -0.2) is 9.97 Å². The van der Waals surface area contributed by atoms with E-state index in [4.69, 9.17) is 4.74 Å². The third kappa shape index (κ3) is 3.61. The Morgan fingerprint density at radius 1 is 1.35 bits per heavy atom. The minimum absolute atomic E-state index is 0.0632. The maximum absolute atomic E-state index is 12.2. The molecule has 3 aromatic rings. The van der Waals surface area contributed by atoms with Gasteiger partial charge in [-0.15, -0.1) is 11.3 Å². The number of imidazole rings is 1. The summed E-state index contributed by atoms with van der Waals surface area (Å²) < 4.78 is 7.14. The lowest BCUT2D eigenvalue weighted by Gasteiger charge is -2.08. The van der Waals surface area contributed by atoms with Crippen molar-refractivity contribution in [2.45, 2.75) is 24.4 Å². The van der Waals surface area contributed by atoms with Crippen LogP contribution in [0, 0.1) is 0 Å². The molecule has 2 aromatic heterocycles. The molecular formula is C18H18N4O2S2. The van der Waals surface area contributed by atoms with Gasteiger partial charge < -0.3 is 10.1 Å². The average molecular weight is 387 g/mol. The molecule has 1 aromatic carbocycles. The summed E-state index contributed by atoms with van der Waals surface area (Å²) in [6.45, 7) is 0. The van der Waals surface area contributed by atoms with Gasteiger partial charge >= 0.3 is 0 Å². The Morgan fingerprint density at radius 2 is 2.19 bits per heavy atom. The molecule has 0 atom stereocenters. The van der Waals surface area contributed by atoms with E-state index in [0.717, 1.165) is 35.1 Å². The van der Waals surface area contributed by atoms with Crippen LogP contribution >= 0.6 is 23.1 Å². The third-order valence-corrected chi connectivity index (χ3v) is 6.17. The van der Waals surface area contributed by atoms with Crippen molar-refractivity contribution < 1.29 is 9.53 Å². The lowest BCUT2D eigenvalue weighted by Crippen LogP contribution is -2.14. The fourth-order valence-corrected chi connectivity index (χ4v) is 4.70. The van der Waals surface area contributed by atoms with Crippen molar-refractivity contribution in [2.24, 2.45) is 0 Å². The lowest BCUT2D eigenvalue weighted by molar-refractivity contribution is -0.113. The molecule has 0 saturated heterocycles. The van der Waals surface area contributed by atoms with Crippen molar-refractivity contribution in [1.29, 1.82) is 0 Å². The smallest absolute Gasteiger partial charge is 0.236 e. The van der Waals surface area contributed by atoms with Crippen molar-refractivity contribution in [3.63, 3.8) is 0 Å². The first-order valence-electron chi connectivity index (χ1n) is 8.32. The van der Waals surface area contributed by atoms with E-state index in [-0.39, 0.29) is 11.7 Å². The molecule has 0 spiro atoms. The number of benzene rings is 1. The van der Waals surface area contributed by atoms with E-state index in [0.29, 0.717) is 5.13 Å². The molecule has 0 fully saturated rings. The van der Waals surface area contributed by atoms with Gasteiger partial charge in [0.05, 0.1) is 18.6 Å². The quantitative estimate of drug-likeness (QED) is 0.656. The van der Waals surface area contributed by atoms with Crippen LogP contribution in [0.15, 0.2) is 41.8 Å². The Bertz CT molecular complexity index is 896. The van der Waals surface area contributed by atoms with Crippen molar-refractivity contribution in [3.05, 3.63) is 47.2 Å². The van der Waals surface area contributed by atoms with Gasteiger partial charge in [-0.2, -0.15) is 0 Å². The summed E-state index contributed by atoms with van der Waals surface area (Å²) >= 11 is 2.99. The van der Waals surface area contributed by atoms with Gasteiger partial charge in [0.25, 0.3) is 0 Å². The van der Waals surface area contributed by atoms with Crippen LogP contribution in [0.2, 0.25) is 0 Å². The van der Waals surface area contributed by atoms with Crippen molar-refractivity contribution in [2.75, 3.05) is 18.2 Å². The molecule has 1 aliphatic rings. The van der Waals surface area contributed by atoms with Gasteiger partial charge in [0.2, 0.25) is 5.91 Å². The number of anilines is 1. The molecule has 26 heavy (non-hydrogen) atoms. The molecule has 134 valence electrons. The van der Waals surface area contributed by atoms with Gasteiger partial charge in [0.15, 0.2) is 10.3 Å². The average Bonchev–Trinajstić information content (AvgIpc) is 3.36. The van der Waals surface area contributed by atoms with Crippen LogP contribution in [0.25, 0.3) is 5.69 Å². The number of hydrogen-bond donors (Lipinski definition) is 1. The fourth-order valence-electron chi connectivity index (χ4n) is 2.87. The van der Waals surface area contributed by atoms with E-state index in [2.05, 4.69) is 15.3 Å². The van der Waals surface area contributed by atoms with E-state index in [1.54, 1.807) is 24.6 Å². The molecule has 1 aliphatic carbocycles. The number of carbonyl (C=O) groups excluding carboxylic acids is 1. The number of thiazole rings is 1. The number of aromatic nitrogens is 3. The zero-order chi connectivity index (χ0) is 17.9. The molecule has 2 heterocycles. The molecule has 8 heteroatoms. The second kappa shape index (κ2) is 7.51. The summed E-state index contributed by atoms with van der Waals surface area (Å²) in [4.78, 5) is 22.4. The Hall–Kier alpha value is -2.32. The van der Waals surface area contributed by atoms with Gasteiger partial charge in [0.1, 0.15) is 5.75 Å². The van der Waals surface area contributed by atoms with Gasteiger partial charge in [-0.05, 0) is 43.5 Å². The minimum atomic E-state index is -0.0632. The summed E-state index contributed by atoms with van der Waals surface area (Å²) in [7, 11) is 1.64. The standard InChI is InChI=1S/C18H18N4O2S2/c1-24-13-7-5-12(6-8-13)22-10-9-19-18(22)25-11-16(23)21-17-20-14-3-2-4-15(14)26-17/h5-10H,2-4,11H2,1H3,(H,20,21,23). The summed E-state index contributed by atoms with van der Waals surface area (Å²) in [5.74, 6) is 1.03. The van der Waals surface area contributed by atoms with E-state index >= 15 is 0 Å². The Balaban J connectivity index is 1.38. The maximum Gasteiger partial charge on any atom is 0.236 e. The highest BCUT2D eigenvalue weighted by atomic mass is 32.2. The Kier molecular flexibility index (Phi) is 4.94. The van der Waals surface area contributed by atoms with Crippen LogP contribution in [0.4, 0.5) is 5.13 Å². The topological polar surface area (TPSA) is 69.0 Å². The molecule has 6 nitrogen and oxygen atoms in total. The van der Waals surface area contributed by atoms with Crippen LogP contribution < -0.4 is 10.1 Å². The third-order valence-electron chi connectivity index (χ3n) is 4.13. The molecule has 0 bridgehead atoms. The highest BCUT2D eigenvalue weighted by Crippen LogP contribution is 2.30. The summed E-state index contributed by atoms with van der Waals surface area (Å²) in [5, 5.41) is 4.38. The maximum atomic E-state index is 12.2. The molecular weight excluding hydrogens is 368 g/mol. The van der Waals surface area contributed by atoms with Crippen LogP contribution in [-0.4, -0.2) is 33.3 Å². The van der Waals surface area contributed by atoms with E-state index in [9.17, 15) is 4.79 Å². The Morgan fingerprint density at radius 3 is 2.96 bits per heavy atom. The molecule has 0 saturated carbocycles. The Labute approximate surface area is 159 Å². The lowest BCUT2D eigenvalue weighted by atomic mass is 10.3. The monoisotopic (exact) mass is 386 g/mol. The minimum Gasteiger partial charge on any atom is -0.497 e. The second-order valence-electron chi connectivity index (χ2n) is 5.86. The van der Waals surface area contributed by atoms with Crippen LogP contribution in [-0.2, 0) is 17.6 Å². The van der Waals surface area contributed by atoms with Gasteiger partial charge in [-0.1, -0.05) is 11.8 Å². The first-order chi connectivity index (χ1) is 12.7. The molecule has 0 radical (unpaired) electrons. The van der Waals surface area contributed by atoms with Crippen LogP contribution in [0.5, 0.6) is 5.75 Å². The molecule has 0 unspecified atom stereocenters. The molecule has 4 rings (SSSR count). The summed E-state index contributed by atoms with van der Waals surface area (Å²) in [6.07, 6.45) is 6.89. The highest BCUT2D eigenvalue weighted by molar-refractivity contribution is 7.99. The number of rotatable bonds is 6. The number of hydrogen-bond acceptors (Lipinski definition) is 6. The summed E-state index contributed by atoms with van der Waals surface area (Å²) in [6, 6.07) is 7.72. The zero-order valence-electron chi connectivity index (χ0n) is 14.3. The molecule has 1 N–H and O–H groups in total. The number of nitrogens with one attached hydrogen (secondary N) is 1. The van der Waals surface area contributed by atoms with Crippen molar-refractivity contribution in [1.82, 2.24) is 14.5 Å². The van der Waals surface area contributed by atoms with Crippen molar-refractivity contribution >= 4 is 34.1 Å². The second-order valence-corrected chi connectivity index (χ2v) is 7.88. The largest absolute Gasteiger partial charge is 0.497 e. The van der Waals surface area contributed by atoms with Crippen LogP contribution in [0.1, 0.15) is 17.0 Å². The number of methoxy groups -OCH3 is 1. The number of nitrogens with zero attached hydrogens (tertiary/aromatic N) is 3. The fraction of sp³-hybridized carbons (Fsp3) is 0.278. The predicted molar refractivity (Wildman–Crippen MR) is 104 cm³/mol. The predicted octanol–water partition coefficient (Wildman–Crippen LogP) is 3.56. The van der Waals surface area contributed by atoms with E-state index in [1.165, 1.54) is 23.1 Å². The van der Waals surface area contributed by atoms with Crippen molar-refractivity contribution in [3.8, 4) is 11.4 Å². The van der Waals surface area contributed by atoms with Crippen LogP contribution in [0.3, 0.4) is 0 Å². The van der Waals surface area contributed by atoms with E-state index < -0.39 is 0 Å². The number of thioether (sulfide) groups is 1. The number of fused-ring (bicyclic) bond motifs is 1. The highest BCUT2D eigenvalue weighted by Gasteiger charge is 2.18. The molecule has 0 aliphatic heterocycles. The first kappa shape index (κ1) is 17.1. The number of amides is 1. The number of ether oxygens (including phenoxy) is 1. The summed E-state index contributed by atoms with van der Waals surface area (Å²) in [5.41, 5.74) is 2.12. The first-order valence-corrected chi connectivity index (χ1v) is 10.1. The normalized spacial score (nSPS) is 12.8. The number of aryl methyl sites for hydroxylation is 2. The SMILES string of the molecule is COc1ccc(-n2ccnc2SCC(=O)Nc2nc3c(s2)CCC3)cc1. The van der Waals surface area contributed by atoms with E-state index in [1.807, 2.05) is 35.0 Å². The number of carbonyl (C=O) groups is 1. The van der Waals surface area contributed by atoms with Gasteiger partial charge in [0, 0.05) is 23.0 Å². The molecule has 1 amide bonds. The zero-order valence-corrected chi connectivity index (χ0v) is 15.9.